The second-order valence-corrected chi connectivity index (χ2v) is 5.82. The fourth-order valence-corrected chi connectivity index (χ4v) is 3.04. The molecule has 2 rings (SSSR count). The predicted molar refractivity (Wildman–Crippen MR) is 81.2 cm³/mol. The van der Waals surface area contributed by atoms with Gasteiger partial charge in [0.2, 0.25) is 5.91 Å². The van der Waals surface area contributed by atoms with Gasteiger partial charge in [0.25, 0.3) is 5.56 Å². The molecule has 6 nitrogen and oxygen atoms in total. The molecule has 1 amide bonds. The van der Waals surface area contributed by atoms with Gasteiger partial charge in [-0.05, 0) is 33.6 Å². The van der Waals surface area contributed by atoms with Crippen molar-refractivity contribution in [2.24, 2.45) is 0 Å². The lowest BCUT2D eigenvalue weighted by molar-refractivity contribution is -0.129. The molecule has 1 aromatic rings. The lowest BCUT2D eigenvalue weighted by Crippen LogP contribution is -2.45. The van der Waals surface area contributed by atoms with E-state index in [1.807, 2.05) is 18.7 Å². The van der Waals surface area contributed by atoms with E-state index in [1.54, 1.807) is 13.8 Å². The van der Waals surface area contributed by atoms with Crippen LogP contribution in [-0.4, -0.2) is 39.9 Å². The zero-order valence-electron chi connectivity index (χ0n) is 13.2. The maximum Gasteiger partial charge on any atom is 0.255 e. The predicted octanol–water partition coefficient (Wildman–Crippen LogP) is 1.05. The van der Waals surface area contributed by atoms with E-state index in [2.05, 4.69) is 15.3 Å². The van der Waals surface area contributed by atoms with Crippen LogP contribution in [-0.2, 0) is 4.79 Å². The van der Waals surface area contributed by atoms with E-state index in [0.717, 1.165) is 31.6 Å². The largest absolute Gasteiger partial charge is 0.343 e. The Morgan fingerprint density at radius 3 is 2.52 bits per heavy atom. The number of rotatable bonds is 3. The van der Waals surface area contributed by atoms with Crippen LogP contribution in [0.2, 0.25) is 0 Å². The van der Waals surface area contributed by atoms with Crippen LogP contribution in [0.4, 0.5) is 0 Å². The first-order valence-electron chi connectivity index (χ1n) is 7.47. The van der Waals surface area contributed by atoms with E-state index in [0.29, 0.717) is 17.4 Å². The first kappa shape index (κ1) is 15.7. The molecule has 1 unspecified atom stereocenters. The minimum Gasteiger partial charge on any atom is -0.343 e. The number of aryl methyl sites for hydroxylation is 2. The monoisotopic (exact) mass is 292 g/mol. The molecule has 21 heavy (non-hydrogen) atoms. The van der Waals surface area contributed by atoms with Crippen LogP contribution in [0.1, 0.15) is 49.8 Å². The highest BCUT2D eigenvalue weighted by Crippen LogP contribution is 2.17. The summed E-state index contributed by atoms with van der Waals surface area (Å²) in [6.45, 7) is 8.81. The summed E-state index contributed by atoms with van der Waals surface area (Å²) in [5.74, 6) is 0.778. The highest BCUT2D eigenvalue weighted by atomic mass is 16.2. The van der Waals surface area contributed by atoms with Crippen molar-refractivity contribution < 1.29 is 4.79 Å². The second-order valence-electron chi connectivity index (χ2n) is 5.82. The molecule has 1 fully saturated rings. The molecular formula is C15H24N4O2. The standard InChI is InChI=1S/C15H24N4O2/c1-9-14(15(21)18-11(3)16-9)10(2)17-13-5-7-19(8-6-13)12(4)20/h10,13,17H,5-8H2,1-4H3,(H,16,18,21). The number of carbonyl (C=O) groups excluding carboxylic acids is 1. The van der Waals surface area contributed by atoms with Crippen molar-refractivity contribution in [3.63, 3.8) is 0 Å². The number of amides is 1. The number of hydrogen-bond donors (Lipinski definition) is 2. The zero-order chi connectivity index (χ0) is 15.6. The van der Waals surface area contributed by atoms with Gasteiger partial charge in [0.15, 0.2) is 0 Å². The van der Waals surface area contributed by atoms with Crippen LogP contribution >= 0.6 is 0 Å². The molecule has 2 N–H and O–H groups in total. The van der Waals surface area contributed by atoms with Gasteiger partial charge >= 0.3 is 0 Å². The fraction of sp³-hybridized carbons (Fsp3) is 0.667. The topological polar surface area (TPSA) is 78.1 Å². The van der Waals surface area contributed by atoms with Crippen molar-refractivity contribution in [3.05, 3.63) is 27.4 Å². The van der Waals surface area contributed by atoms with Gasteiger partial charge in [0.05, 0.1) is 5.56 Å². The van der Waals surface area contributed by atoms with Crippen molar-refractivity contribution in [1.29, 1.82) is 0 Å². The molecular weight excluding hydrogens is 268 g/mol. The van der Waals surface area contributed by atoms with E-state index in [-0.39, 0.29) is 17.5 Å². The summed E-state index contributed by atoms with van der Waals surface area (Å²) in [7, 11) is 0. The maximum absolute atomic E-state index is 12.1. The summed E-state index contributed by atoms with van der Waals surface area (Å²) >= 11 is 0. The smallest absolute Gasteiger partial charge is 0.255 e. The number of carbonyl (C=O) groups is 1. The summed E-state index contributed by atoms with van der Waals surface area (Å²) in [6, 6.07) is 0.284. The third kappa shape index (κ3) is 3.69. The molecule has 0 bridgehead atoms. The van der Waals surface area contributed by atoms with E-state index >= 15 is 0 Å². The van der Waals surface area contributed by atoms with Gasteiger partial charge in [-0.3, -0.25) is 9.59 Å². The molecule has 1 aliphatic rings. The van der Waals surface area contributed by atoms with Crippen LogP contribution < -0.4 is 10.9 Å². The van der Waals surface area contributed by atoms with Gasteiger partial charge < -0.3 is 15.2 Å². The van der Waals surface area contributed by atoms with Gasteiger partial charge in [0, 0.05) is 37.8 Å². The maximum atomic E-state index is 12.1. The van der Waals surface area contributed by atoms with E-state index in [1.165, 1.54) is 0 Å². The lowest BCUT2D eigenvalue weighted by atomic mass is 10.0. The number of aromatic nitrogens is 2. The summed E-state index contributed by atoms with van der Waals surface area (Å²) in [5.41, 5.74) is 1.41. The fourth-order valence-electron chi connectivity index (χ4n) is 3.04. The Kier molecular flexibility index (Phi) is 4.77. The Morgan fingerprint density at radius 1 is 1.38 bits per heavy atom. The third-order valence-corrected chi connectivity index (χ3v) is 4.12. The average molecular weight is 292 g/mol. The number of likely N-dealkylation sites (tertiary alicyclic amines) is 1. The molecule has 1 atom stereocenters. The SMILES string of the molecule is CC(=O)N1CCC(NC(C)c2c(C)nc(C)[nH]c2=O)CC1. The Bertz CT molecular complexity index is 574. The quantitative estimate of drug-likeness (QED) is 0.873. The number of H-pyrrole nitrogens is 1. The van der Waals surface area contributed by atoms with E-state index in [4.69, 9.17) is 0 Å². The lowest BCUT2D eigenvalue weighted by Gasteiger charge is -2.33. The number of nitrogens with zero attached hydrogens (tertiary/aromatic N) is 2. The molecule has 0 radical (unpaired) electrons. The van der Waals surface area contributed by atoms with E-state index < -0.39 is 0 Å². The van der Waals surface area contributed by atoms with Crippen LogP contribution in [0.15, 0.2) is 4.79 Å². The van der Waals surface area contributed by atoms with Crippen molar-refractivity contribution in [1.82, 2.24) is 20.2 Å². The normalized spacial score (nSPS) is 17.8. The van der Waals surface area contributed by atoms with Gasteiger partial charge in [-0.1, -0.05) is 0 Å². The second kappa shape index (κ2) is 6.39. The van der Waals surface area contributed by atoms with Gasteiger partial charge in [-0.15, -0.1) is 0 Å². The van der Waals surface area contributed by atoms with Crippen LogP contribution in [0.5, 0.6) is 0 Å². The molecule has 0 spiro atoms. The molecule has 2 heterocycles. The first-order chi connectivity index (χ1) is 9.88. The summed E-state index contributed by atoms with van der Waals surface area (Å²) < 4.78 is 0. The highest BCUT2D eigenvalue weighted by Gasteiger charge is 2.23. The summed E-state index contributed by atoms with van der Waals surface area (Å²) in [6.07, 6.45) is 1.83. The van der Waals surface area contributed by atoms with Crippen molar-refractivity contribution in [3.8, 4) is 0 Å². The van der Waals surface area contributed by atoms with Crippen molar-refractivity contribution in [2.75, 3.05) is 13.1 Å². The molecule has 1 saturated heterocycles. The molecule has 1 aromatic heterocycles. The highest BCUT2D eigenvalue weighted by molar-refractivity contribution is 5.73. The number of nitrogens with one attached hydrogen (secondary N) is 2. The van der Waals surface area contributed by atoms with Gasteiger partial charge in [-0.2, -0.15) is 0 Å². The van der Waals surface area contributed by atoms with E-state index in [9.17, 15) is 9.59 Å². The number of hydrogen-bond acceptors (Lipinski definition) is 4. The first-order valence-corrected chi connectivity index (χ1v) is 7.47. The molecule has 0 saturated carbocycles. The average Bonchev–Trinajstić information content (AvgIpc) is 2.37. The van der Waals surface area contributed by atoms with Crippen molar-refractivity contribution >= 4 is 5.91 Å². The minimum absolute atomic E-state index is 0.0456. The van der Waals surface area contributed by atoms with Crippen molar-refractivity contribution in [2.45, 2.75) is 52.6 Å². The van der Waals surface area contributed by atoms with Gasteiger partial charge in [0.1, 0.15) is 5.82 Å². The van der Waals surface area contributed by atoms with Crippen LogP contribution in [0.3, 0.4) is 0 Å². The number of piperidine rings is 1. The number of aromatic amines is 1. The molecule has 6 heteroatoms. The van der Waals surface area contributed by atoms with Crippen LogP contribution in [0.25, 0.3) is 0 Å². The molecule has 0 aliphatic carbocycles. The Labute approximate surface area is 125 Å². The third-order valence-electron chi connectivity index (χ3n) is 4.12. The summed E-state index contributed by atoms with van der Waals surface area (Å²) in [5, 5.41) is 3.50. The van der Waals surface area contributed by atoms with Gasteiger partial charge in [-0.25, -0.2) is 4.98 Å². The Balaban J connectivity index is 2.01. The Morgan fingerprint density at radius 2 is 2.00 bits per heavy atom. The molecule has 116 valence electrons. The Hall–Kier alpha value is -1.69. The summed E-state index contributed by atoms with van der Waals surface area (Å²) in [4.78, 5) is 32.4. The minimum atomic E-state index is -0.0684. The zero-order valence-corrected chi connectivity index (χ0v) is 13.2. The molecule has 1 aliphatic heterocycles. The molecule has 0 aromatic carbocycles. The van der Waals surface area contributed by atoms with Crippen LogP contribution in [0, 0.1) is 13.8 Å².